The minimum Gasteiger partial charge on any atom is -0.353 e. The summed E-state index contributed by atoms with van der Waals surface area (Å²) in [7, 11) is 0. The molecule has 0 N–H and O–H groups in total. The van der Waals surface area contributed by atoms with Gasteiger partial charge >= 0.3 is 0 Å². The minimum absolute atomic E-state index is 0.162. The van der Waals surface area contributed by atoms with Crippen LogP contribution in [0.4, 0.5) is 20.2 Å². The molecule has 1 aromatic rings. The van der Waals surface area contributed by atoms with E-state index < -0.39 is 23.9 Å². The van der Waals surface area contributed by atoms with Crippen LogP contribution in [0.3, 0.4) is 0 Å². The Bertz CT molecular complexity index is 445. The number of rotatable bonds is 2. The van der Waals surface area contributed by atoms with E-state index in [2.05, 4.69) is 15.9 Å². The molecule has 0 atom stereocenters. The summed E-state index contributed by atoms with van der Waals surface area (Å²) in [5.74, 6) is -2.75. The van der Waals surface area contributed by atoms with Gasteiger partial charge in [-0.1, -0.05) is 6.07 Å². The highest BCUT2D eigenvalue weighted by Crippen LogP contribution is 2.41. The van der Waals surface area contributed by atoms with Crippen LogP contribution in [-0.4, -0.2) is 23.9 Å². The van der Waals surface area contributed by atoms with Gasteiger partial charge in [0, 0.05) is 10.5 Å². The van der Waals surface area contributed by atoms with Crippen LogP contribution in [0.2, 0.25) is 0 Å². The van der Waals surface area contributed by atoms with Crippen molar-refractivity contribution in [3.8, 4) is 0 Å². The van der Waals surface area contributed by atoms with Crippen molar-refractivity contribution in [2.24, 2.45) is 0 Å². The number of anilines is 1. The number of hydrogen-bond acceptors (Lipinski definition) is 3. The van der Waals surface area contributed by atoms with Crippen molar-refractivity contribution < 1.29 is 13.7 Å². The number of halogens is 3. The predicted molar refractivity (Wildman–Crippen MR) is 58.0 cm³/mol. The molecule has 0 spiro atoms. The Hall–Kier alpha value is -1.24. The highest BCUT2D eigenvalue weighted by Gasteiger charge is 2.46. The van der Waals surface area contributed by atoms with Gasteiger partial charge in [-0.15, -0.1) is 0 Å². The second-order valence-electron chi connectivity index (χ2n) is 3.58. The van der Waals surface area contributed by atoms with Gasteiger partial charge in [0.05, 0.1) is 18.0 Å². The van der Waals surface area contributed by atoms with Crippen LogP contribution in [0.25, 0.3) is 0 Å². The first-order valence-corrected chi connectivity index (χ1v) is 5.26. The second kappa shape index (κ2) is 3.65. The van der Waals surface area contributed by atoms with Crippen LogP contribution in [-0.2, 0) is 0 Å². The molecule has 0 saturated carbocycles. The molecule has 2 rings (SSSR count). The first kappa shape index (κ1) is 11.3. The largest absolute Gasteiger partial charge is 0.353 e. The maximum absolute atomic E-state index is 12.7. The standard InChI is InChI=1S/C9H7BrF2N2O2/c10-6-2-1-3-7(14(15)16)8(6)13-4-9(11,12)5-13/h1-3H,4-5H2. The molecule has 0 unspecified atom stereocenters. The van der Waals surface area contributed by atoms with Crippen LogP contribution in [0.1, 0.15) is 0 Å². The molecule has 4 nitrogen and oxygen atoms in total. The van der Waals surface area contributed by atoms with E-state index in [4.69, 9.17) is 0 Å². The Balaban J connectivity index is 2.37. The maximum atomic E-state index is 12.7. The van der Waals surface area contributed by atoms with E-state index in [1.165, 1.54) is 17.0 Å². The number of nitrogens with zero attached hydrogens (tertiary/aromatic N) is 2. The quantitative estimate of drug-likeness (QED) is 0.622. The van der Waals surface area contributed by atoms with E-state index in [0.29, 0.717) is 4.47 Å². The summed E-state index contributed by atoms with van der Waals surface area (Å²) >= 11 is 3.14. The lowest BCUT2D eigenvalue weighted by Crippen LogP contribution is -2.56. The van der Waals surface area contributed by atoms with Crippen molar-refractivity contribution in [2.75, 3.05) is 18.0 Å². The van der Waals surface area contributed by atoms with Crippen molar-refractivity contribution in [1.29, 1.82) is 0 Å². The Morgan fingerprint density at radius 1 is 1.44 bits per heavy atom. The zero-order valence-corrected chi connectivity index (χ0v) is 9.58. The molecule has 1 heterocycles. The Labute approximate surface area is 98.1 Å². The van der Waals surface area contributed by atoms with E-state index in [1.54, 1.807) is 6.07 Å². The lowest BCUT2D eigenvalue weighted by molar-refractivity contribution is -0.384. The third-order valence-electron chi connectivity index (χ3n) is 2.32. The molecule has 16 heavy (non-hydrogen) atoms. The van der Waals surface area contributed by atoms with Crippen molar-refractivity contribution in [3.05, 3.63) is 32.8 Å². The number of nitro benzene ring substituents is 1. The first-order valence-electron chi connectivity index (χ1n) is 4.46. The fraction of sp³-hybridized carbons (Fsp3) is 0.333. The Morgan fingerprint density at radius 3 is 2.56 bits per heavy atom. The highest BCUT2D eigenvalue weighted by molar-refractivity contribution is 9.10. The number of benzene rings is 1. The van der Waals surface area contributed by atoms with Gasteiger partial charge in [-0.25, -0.2) is 8.78 Å². The van der Waals surface area contributed by atoms with E-state index in [9.17, 15) is 18.9 Å². The number of nitro groups is 1. The van der Waals surface area contributed by atoms with Gasteiger partial charge in [-0.05, 0) is 22.0 Å². The van der Waals surface area contributed by atoms with Crippen LogP contribution in [0.5, 0.6) is 0 Å². The molecule has 0 aliphatic carbocycles. The Morgan fingerprint density at radius 2 is 2.06 bits per heavy atom. The summed E-state index contributed by atoms with van der Waals surface area (Å²) in [6.45, 7) is -0.951. The van der Waals surface area contributed by atoms with Crippen molar-refractivity contribution in [2.45, 2.75) is 5.92 Å². The van der Waals surface area contributed by atoms with Gasteiger partial charge in [0.2, 0.25) is 0 Å². The molecule has 1 saturated heterocycles. The number of alkyl halides is 2. The molecule has 1 aliphatic heterocycles. The van der Waals surface area contributed by atoms with Crippen molar-refractivity contribution in [3.63, 3.8) is 0 Å². The topological polar surface area (TPSA) is 46.4 Å². The Kier molecular flexibility index (Phi) is 2.57. The molecular weight excluding hydrogens is 286 g/mol. The molecule has 1 fully saturated rings. The first-order chi connectivity index (χ1) is 7.41. The summed E-state index contributed by atoms with van der Waals surface area (Å²) in [5, 5.41) is 10.8. The molecule has 0 bridgehead atoms. The fourth-order valence-electron chi connectivity index (χ4n) is 1.63. The maximum Gasteiger partial charge on any atom is 0.293 e. The molecule has 7 heteroatoms. The van der Waals surface area contributed by atoms with Gasteiger partial charge in [-0.2, -0.15) is 0 Å². The minimum atomic E-state index is -2.75. The lowest BCUT2D eigenvalue weighted by atomic mass is 10.1. The van der Waals surface area contributed by atoms with Gasteiger partial charge < -0.3 is 4.90 Å². The summed E-state index contributed by atoms with van der Waals surface area (Å²) in [6.07, 6.45) is 0. The van der Waals surface area contributed by atoms with Crippen molar-refractivity contribution in [1.82, 2.24) is 0 Å². The average Bonchev–Trinajstić information content (AvgIpc) is 2.13. The summed E-state index contributed by atoms with van der Waals surface area (Å²) in [6, 6.07) is 4.40. The molecule has 0 aromatic heterocycles. The summed E-state index contributed by atoms with van der Waals surface area (Å²) in [4.78, 5) is 11.5. The molecule has 0 amide bonds. The third kappa shape index (κ3) is 1.87. The van der Waals surface area contributed by atoms with Crippen molar-refractivity contribution >= 4 is 27.3 Å². The van der Waals surface area contributed by atoms with E-state index >= 15 is 0 Å². The number of para-hydroxylation sites is 1. The van der Waals surface area contributed by atoms with Gasteiger partial charge in [0.15, 0.2) is 0 Å². The predicted octanol–water partition coefficient (Wildman–Crippen LogP) is 2.81. The van der Waals surface area contributed by atoms with E-state index in [0.717, 1.165) is 0 Å². The van der Waals surface area contributed by atoms with Gasteiger partial charge in [-0.3, -0.25) is 10.1 Å². The molecule has 1 aromatic carbocycles. The molecular formula is C9H7BrF2N2O2. The van der Waals surface area contributed by atoms with Gasteiger partial charge in [0.25, 0.3) is 11.6 Å². The second-order valence-corrected chi connectivity index (χ2v) is 4.43. The van der Waals surface area contributed by atoms with E-state index in [-0.39, 0.29) is 11.4 Å². The molecule has 1 aliphatic rings. The molecule has 0 radical (unpaired) electrons. The zero-order valence-electron chi connectivity index (χ0n) is 7.99. The average molecular weight is 293 g/mol. The summed E-state index contributed by atoms with van der Waals surface area (Å²) < 4.78 is 25.9. The smallest absolute Gasteiger partial charge is 0.293 e. The van der Waals surface area contributed by atoms with Crippen LogP contribution in [0, 0.1) is 10.1 Å². The fourth-order valence-corrected chi connectivity index (χ4v) is 2.24. The third-order valence-corrected chi connectivity index (χ3v) is 2.96. The summed E-state index contributed by atoms with van der Waals surface area (Å²) in [5.41, 5.74) is 0.0586. The number of hydrogen-bond donors (Lipinski definition) is 0. The lowest BCUT2D eigenvalue weighted by Gasteiger charge is -2.40. The zero-order chi connectivity index (χ0) is 11.9. The monoisotopic (exact) mass is 292 g/mol. The SMILES string of the molecule is O=[N+]([O-])c1cccc(Br)c1N1CC(F)(F)C1. The van der Waals surface area contributed by atoms with Crippen LogP contribution >= 0.6 is 15.9 Å². The van der Waals surface area contributed by atoms with Gasteiger partial charge in [0.1, 0.15) is 5.69 Å². The molecule has 86 valence electrons. The van der Waals surface area contributed by atoms with Crippen LogP contribution < -0.4 is 4.90 Å². The van der Waals surface area contributed by atoms with Crippen LogP contribution in [0.15, 0.2) is 22.7 Å². The highest BCUT2D eigenvalue weighted by atomic mass is 79.9. The van der Waals surface area contributed by atoms with E-state index in [1.807, 2.05) is 0 Å². The normalized spacial score (nSPS) is 18.1.